The van der Waals surface area contributed by atoms with E-state index in [0.717, 1.165) is 0 Å². The first kappa shape index (κ1) is 16.1. The lowest BCUT2D eigenvalue weighted by molar-refractivity contribution is 0.0697. The molecule has 5 nitrogen and oxygen atoms in total. The maximum atomic E-state index is 10.9. The van der Waals surface area contributed by atoms with Gasteiger partial charge in [0, 0.05) is 5.56 Å². The first-order valence-corrected chi connectivity index (χ1v) is 6.76. The molecule has 2 aromatic carbocycles. The van der Waals surface area contributed by atoms with Crippen LogP contribution >= 0.6 is 0 Å². The monoisotopic (exact) mass is 309 g/mol. The van der Waals surface area contributed by atoms with E-state index < -0.39 is 5.97 Å². The van der Waals surface area contributed by atoms with Gasteiger partial charge in [0.1, 0.15) is 11.5 Å². The van der Waals surface area contributed by atoms with E-state index in [4.69, 9.17) is 14.6 Å². The fourth-order valence-corrected chi connectivity index (χ4v) is 2.08. The van der Waals surface area contributed by atoms with E-state index in [9.17, 15) is 10.1 Å². The normalized spacial score (nSPS) is 10.7. The van der Waals surface area contributed by atoms with Gasteiger partial charge in [-0.25, -0.2) is 4.79 Å². The molecular weight excluding hydrogens is 294 g/mol. The Morgan fingerprint density at radius 3 is 2.26 bits per heavy atom. The molecule has 0 amide bonds. The van der Waals surface area contributed by atoms with Gasteiger partial charge in [0.05, 0.1) is 31.4 Å². The first-order chi connectivity index (χ1) is 11.1. The largest absolute Gasteiger partial charge is 0.497 e. The van der Waals surface area contributed by atoms with Gasteiger partial charge < -0.3 is 14.6 Å². The molecule has 0 spiro atoms. The number of benzene rings is 2. The number of carboxylic acids is 1. The minimum absolute atomic E-state index is 0.171. The lowest BCUT2D eigenvalue weighted by Gasteiger charge is -2.08. The Kier molecular flexibility index (Phi) is 5.00. The highest BCUT2D eigenvalue weighted by molar-refractivity contribution is 5.92. The minimum Gasteiger partial charge on any atom is -0.497 e. The Morgan fingerprint density at radius 2 is 1.74 bits per heavy atom. The van der Waals surface area contributed by atoms with Crippen molar-refractivity contribution in [1.82, 2.24) is 0 Å². The van der Waals surface area contributed by atoms with Crippen LogP contribution < -0.4 is 9.47 Å². The summed E-state index contributed by atoms with van der Waals surface area (Å²) in [5.41, 5.74) is 1.89. The molecule has 0 fully saturated rings. The number of hydrogen-bond acceptors (Lipinski definition) is 4. The predicted molar refractivity (Wildman–Crippen MR) is 86.4 cm³/mol. The molecule has 0 aliphatic rings. The number of nitrogens with zero attached hydrogens (tertiary/aromatic N) is 1. The van der Waals surface area contributed by atoms with Crippen LogP contribution in [0.15, 0.2) is 42.5 Å². The number of nitriles is 1. The average molecular weight is 309 g/mol. The highest BCUT2D eigenvalue weighted by Crippen LogP contribution is 2.28. The second kappa shape index (κ2) is 7.14. The summed E-state index contributed by atoms with van der Waals surface area (Å²) < 4.78 is 10.5. The molecule has 0 heterocycles. The van der Waals surface area contributed by atoms with Crippen LogP contribution in [0, 0.1) is 11.3 Å². The zero-order valence-corrected chi connectivity index (χ0v) is 12.7. The molecule has 0 radical (unpaired) electrons. The summed E-state index contributed by atoms with van der Waals surface area (Å²) in [5.74, 6) is 0.254. The van der Waals surface area contributed by atoms with Crippen LogP contribution in [0.2, 0.25) is 0 Å². The number of aromatic carboxylic acids is 1. The molecule has 0 saturated carbocycles. The quantitative estimate of drug-likeness (QED) is 0.676. The molecule has 23 heavy (non-hydrogen) atoms. The second-order valence-electron chi connectivity index (χ2n) is 4.66. The molecule has 0 bridgehead atoms. The minimum atomic E-state index is -1.01. The summed E-state index contributed by atoms with van der Waals surface area (Å²) in [4.78, 5) is 10.9. The van der Waals surface area contributed by atoms with E-state index in [1.54, 1.807) is 50.6 Å². The van der Waals surface area contributed by atoms with Crippen LogP contribution in [-0.4, -0.2) is 25.3 Å². The van der Waals surface area contributed by atoms with Gasteiger partial charge in [0.15, 0.2) is 0 Å². The van der Waals surface area contributed by atoms with Crippen molar-refractivity contribution < 1.29 is 19.4 Å². The Labute approximate surface area is 134 Å². The van der Waals surface area contributed by atoms with Crippen molar-refractivity contribution >= 4 is 17.6 Å². The van der Waals surface area contributed by atoms with Crippen LogP contribution in [-0.2, 0) is 0 Å². The highest BCUT2D eigenvalue weighted by Gasteiger charge is 2.08. The van der Waals surface area contributed by atoms with E-state index in [2.05, 4.69) is 6.07 Å². The second-order valence-corrected chi connectivity index (χ2v) is 4.66. The summed E-state index contributed by atoms with van der Waals surface area (Å²) in [6.45, 7) is 0. The fraction of sp³-hybridized carbons (Fsp3) is 0.111. The smallest absolute Gasteiger partial charge is 0.335 e. The van der Waals surface area contributed by atoms with Crippen molar-refractivity contribution in [3.8, 4) is 17.6 Å². The van der Waals surface area contributed by atoms with Gasteiger partial charge in [-0.2, -0.15) is 5.26 Å². The SMILES string of the molecule is COc1ccc(OC)c(/C=C(/C#N)c2ccc(C(=O)O)cc2)c1. The third kappa shape index (κ3) is 3.69. The Morgan fingerprint density at radius 1 is 1.09 bits per heavy atom. The third-order valence-electron chi connectivity index (χ3n) is 3.30. The van der Waals surface area contributed by atoms with Crippen molar-refractivity contribution in [2.24, 2.45) is 0 Å². The van der Waals surface area contributed by atoms with Crippen LogP contribution in [0.4, 0.5) is 0 Å². The lowest BCUT2D eigenvalue weighted by atomic mass is 10.0. The summed E-state index contributed by atoms with van der Waals surface area (Å²) >= 11 is 0. The number of carbonyl (C=O) groups is 1. The van der Waals surface area contributed by atoms with Crippen LogP contribution in [0.5, 0.6) is 11.5 Å². The molecule has 0 saturated heterocycles. The van der Waals surface area contributed by atoms with Gasteiger partial charge in [-0.15, -0.1) is 0 Å². The number of ether oxygens (including phenoxy) is 2. The van der Waals surface area contributed by atoms with Gasteiger partial charge >= 0.3 is 5.97 Å². The van der Waals surface area contributed by atoms with Crippen LogP contribution in [0.1, 0.15) is 21.5 Å². The molecular formula is C18H15NO4. The molecule has 2 rings (SSSR count). The van der Waals surface area contributed by atoms with E-state index in [-0.39, 0.29) is 5.56 Å². The van der Waals surface area contributed by atoms with Crippen LogP contribution in [0.25, 0.3) is 11.6 Å². The maximum Gasteiger partial charge on any atom is 0.335 e. The van der Waals surface area contributed by atoms with Gasteiger partial charge in [-0.05, 0) is 42.0 Å². The van der Waals surface area contributed by atoms with Gasteiger partial charge in [-0.1, -0.05) is 12.1 Å². The molecule has 0 unspecified atom stereocenters. The fourth-order valence-electron chi connectivity index (χ4n) is 2.08. The summed E-state index contributed by atoms with van der Waals surface area (Å²) in [6, 6.07) is 13.5. The van der Waals surface area contributed by atoms with E-state index in [1.807, 2.05) is 0 Å². The van der Waals surface area contributed by atoms with Gasteiger partial charge in [0.2, 0.25) is 0 Å². The van der Waals surface area contributed by atoms with E-state index in [0.29, 0.717) is 28.2 Å². The van der Waals surface area contributed by atoms with Crippen molar-refractivity contribution in [3.05, 3.63) is 59.2 Å². The van der Waals surface area contributed by atoms with Crippen molar-refractivity contribution in [2.45, 2.75) is 0 Å². The van der Waals surface area contributed by atoms with E-state index >= 15 is 0 Å². The van der Waals surface area contributed by atoms with Crippen molar-refractivity contribution in [2.75, 3.05) is 14.2 Å². The van der Waals surface area contributed by atoms with Crippen LogP contribution in [0.3, 0.4) is 0 Å². The highest BCUT2D eigenvalue weighted by atomic mass is 16.5. The average Bonchev–Trinajstić information content (AvgIpc) is 2.59. The van der Waals surface area contributed by atoms with E-state index in [1.165, 1.54) is 12.1 Å². The lowest BCUT2D eigenvalue weighted by Crippen LogP contribution is -1.95. The van der Waals surface area contributed by atoms with Gasteiger partial charge in [-0.3, -0.25) is 0 Å². The summed E-state index contributed by atoms with van der Waals surface area (Å²) in [7, 11) is 3.11. The maximum absolute atomic E-state index is 10.9. The Bertz CT molecular complexity index is 786. The number of hydrogen-bond donors (Lipinski definition) is 1. The zero-order valence-electron chi connectivity index (χ0n) is 12.7. The predicted octanol–water partition coefficient (Wildman–Crippen LogP) is 3.47. The number of carboxylic acid groups (broad SMARTS) is 1. The molecule has 0 aliphatic carbocycles. The standard InChI is InChI=1S/C18H15NO4/c1-22-16-7-8-17(23-2)14(10-16)9-15(11-19)12-3-5-13(6-4-12)18(20)21/h3-10H,1-2H3,(H,20,21)/b15-9-. The molecule has 0 atom stereocenters. The number of allylic oxidation sites excluding steroid dienone is 1. The molecule has 2 aromatic rings. The molecule has 0 aliphatic heterocycles. The van der Waals surface area contributed by atoms with Crippen molar-refractivity contribution in [1.29, 1.82) is 5.26 Å². The van der Waals surface area contributed by atoms with Gasteiger partial charge in [0.25, 0.3) is 0 Å². The number of methoxy groups -OCH3 is 2. The topological polar surface area (TPSA) is 79.5 Å². The molecule has 0 aromatic heterocycles. The third-order valence-corrected chi connectivity index (χ3v) is 3.30. The number of rotatable bonds is 5. The Hall–Kier alpha value is -3.26. The molecule has 116 valence electrons. The summed E-state index contributed by atoms with van der Waals surface area (Å²) in [5, 5.41) is 18.3. The molecule has 1 N–H and O–H groups in total. The first-order valence-electron chi connectivity index (χ1n) is 6.76. The molecule has 5 heteroatoms. The zero-order chi connectivity index (χ0) is 16.8. The Balaban J connectivity index is 2.46. The summed E-state index contributed by atoms with van der Waals surface area (Å²) in [6.07, 6.45) is 1.68. The van der Waals surface area contributed by atoms with Crippen molar-refractivity contribution in [3.63, 3.8) is 0 Å².